The highest BCUT2D eigenvalue weighted by molar-refractivity contribution is 7.91. The molecule has 0 amide bonds. The summed E-state index contributed by atoms with van der Waals surface area (Å²) in [5.41, 5.74) is 0.737. The zero-order valence-corrected chi connectivity index (χ0v) is 12.6. The van der Waals surface area contributed by atoms with Gasteiger partial charge in [-0.15, -0.1) is 0 Å². The summed E-state index contributed by atoms with van der Waals surface area (Å²) in [6, 6.07) is 6.37. The van der Waals surface area contributed by atoms with Crippen molar-refractivity contribution in [2.24, 2.45) is 4.99 Å². The van der Waals surface area contributed by atoms with Crippen molar-refractivity contribution in [2.75, 3.05) is 12.5 Å². The van der Waals surface area contributed by atoms with Crippen LogP contribution in [0.4, 0.5) is 0 Å². The van der Waals surface area contributed by atoms with Crippen molar-refractivity contribution >= 4 is 22.0 Å². The van der Waals surface area contributed by atoms with Crippen LogP contribution in [0.15, 0.2) is 46.0 Å². The molecule has 0 aliphatic carbocycles. The standard InChI is InChI=1S/C14H17NO5S/c1-3-20-14(17)12(9-16)8-15-10-21(18,19)13-6-4-11(2)5-7-13/h4-9,16H,3,10H2,1-2H3/b12-9+,15-8-. The molecule has 0 fully saturated rings. The minimum absolute atomic E-state index is 0.145. The zero-order chi connectivity index (χ0) is 15.9. The summed E-state index contributed by atoms with van der Waals surface area (Å²) in [7, 11) is -3.58. The van der Waals surface area contributed by atoms with E-state index in [4.69, 9.17) is 5.11 Å². The van der Waals surface area contributed by atoms with Gasteiger partial charge in [-0.05, 0) is 26.0 Å². The van der Waals surface area contributed by atoms with E-state index < -0.39 is 21.7 Å². The smallest absolute Gasteiger partial charge is 0.342 e. The van der Waals surface area contributed by atoms with E-state index in [0.717, 1.165) is 11.8 Å². The van der Waals surface area contributed by atoms with Gasteiger partial charge < -0.3 is 9.84 Å². The van der Waals surface area contributed by atoms with Gasteiger partial charge in [0.25, 0.3) is 0 Å². The predicted molar refractivity (Wildman–Crippen MR) is 79.1 cm³/mol. The van der Waals surface area contributed by atoms with E-state index in [1.165, 1.54) is 12.1 Å². The molecule has 7 heteroatoms. The van der Waals surface area contributed by atoms with Crippen molar-refractivity contribution in [2.45, 2.75) is 18.7 Å². The lowest BCUT2D eigenvalue weighted by Crippen LogP contribution is -2.10. The minimum Gasteiger partial charge on any atom is -0.515 e. The molecule has 0 unspecified atom stereocenters. The maximum Gasteiger partial charge on any atom is 0.342 e. The number of carbonyl (C=O) groups is 1. The first-order chi connectivity index (χ1) is 9.90. The van der Waals surface area contributed by atoms with E-state index in [1.54, 1.807) is 19.1 Å². The molecule has 0 aromatic heterocycles. The van der Waals surface area contributed by atoms with Crippen LogP contribution in [0.25, 0.3) is 0 Å². The molecule has 0 aliphatic heterocycles. The Balaban J connectivity index is 2.79. The lowest BCUT2D eigenvalue weighted by molar-refractivity contribution is -0.137. The predicted octanol–water partition coefficient (Wildman–Crippen LogP) is 1.80. The van der Waals surface area contributed by atoms with E-state index in [1.807, 2.05) is 6.92 Å². The topological polar surface area (TPSA) is 93.0 Å². The van der Waals surface area contributed by atoms with Crippen LogP contribution < -0.4 is 0 Å². The summed E-state index contributed by atoms with van der Waals surface area (Å²) in [5, 5.41) is 8.90. The molecule has 0 saturated carbocycles. The Kier molecular flexibility index (Phi) is 6.10. The molecule has 1 aromatic carbocycles. The highest BCUT2D eigenvalue weighted by Crippen LogP contribution is 2.12. The van der Waals surface area contributed by atoms with Crippen LogP contribution in [0.3, 0.4) is 0 Å². The maximum atomic E-state index is 12.0. The summed E-state index contributed by atoms with van der Waals surface area (Å²) in [6.07, 6.45) is 1.50. The van der Waals surface area contributed by atoms with Gasteiger partial charge in [0.15, 0.2) is 9.84 Å². The number of hydrogen-bond acceptors (Lipinski definition) is 6. The summed E-state index contributed by atoms with van der Waals surface area (Å²) in [6.45, 7) is 3.61. The van der Waals surface area contributed by atoms with Gasteiger partial charge in [0.2, 0.25) is 0 Å². The number of ether oxygens (including phenoxy) is 1. The van der Waals surface area contributed by atoms with Crippen molar-refractivity contribution in [1.29, 1.82) is 0 Å². The first-order valence-corrected chi connectivity index (χ1v) is 7.86. The second-order valence-electron chi connectivity index (χ2n) is 4.17. The number of carbonyl (C=O) groups excluding carboxylic acids is 1. The molecule has 1 aromatic rings. The third-order valence-electron chi connectivity index (χ3n) is 2.51. The van der Waals surface area contributed by atoms with Crippen LogP contribution in [-0.4, -0.2) is 38.2 Å². The average Bonchev–Trinajstić information content (AvgIpc) is 2.44. The fourth-order valence-electron chi connectivity index (χ4n) is 1.41. The Morgan fingerprint density at radius 3 is 2.48 bits per heavy atom. The van der Waals surface area contributed by atoms with Gasteiger partial charge in [0.1, 0.15) is 11.4 Å². The fourth-order valence-corrected chi connectivity index (χ4v) is 2.38. The number of aryl methyl sites for hydroxylation is 1. The molecule has 21 heavy (non-hydrogen) atoms. The number of aliphatic imine (C=N–C) groups is 1. The van der Waals surface area contributed by atoms with Gasteiger partial charge in [0.05, 0.1) is 17.8 Å². The van der Waals surface area contributed by atoms with Crippen molar-refractivity contribution in [3.63, 3.8) is 0 Å². The van der Waals surface area contributed by atoms with E-state index in [-0.39, 0.29) is 17.1 Å². The van der Waals surface area contributed by atoms with Crippen LogP contribution in [0, 0.1) is 6.92 Å². The molecular weight excluding hydrogens is 294 g/mol. The van der Waals surface area contributed by atoms with Gasteiger partial charge in [0, 0.05) is 6.21 Å². The molecule has 114 valence electrons. The van der Waals surface area contributed by atoms with Crippen LogP contribution >= 0.6 is 0 Å². The summed E-state index contributed by atoms with van der Waals surface area (Å²) in [4.78, 5) is 15.2. The number of sulfone groups is 1. The second-order valence-corrected chi connectivity index (χ2v) is 6.13. The van der Waals surface area contributed by atoms with Crippen molar-refractivity contribution in [1.82, 2.24) is 0 Å². The van der Waals surface area contributed by atoms with E-state index in [9.17, 15) is 13.2 Å². The van der Waals surface area contributed by atoms with Crippen molar-refractivity contribution in [3.8, 4) is 0 Å². The monoisotopic (exact) mass is 311 g/mol. The Bertz CT molecular complexity index is 644. The number of aliphatic hydroxyl groups excluding tert-OH is 1. The van der Waals surface area contributed by atoms with Crippen molar-refractivity contribution in [3.05, 3.63) is 41.7 Å². The number of esters is 1. The molecule has 0 aliphatic rings. The lowest BCUT2D eigenvalue weighted by Gasteiger charge is -2.02. The van der Waals surface area contributed by atoms with Gasteiger partial charge in [-0.3, -0.25) is 4.99 Å². The Labute approximate surface area is 123 Å². The molecule has 1 rings (SSSR count). The first kappa shape index (κ1) is 16.9. The molecule has 1 N–H and O–H groups in total. The van der Waals surface area contributed by atoms with Gasteiger partial charge in [-0.1, -0.05) is 17.7 Å². The summed E-state index contributed by atoms with van der Waals surface area (Å²) in [5.74, 6) is -1.29. The second kappa shape index (κ2) is 7.58. The van der Waals surface area contributed by atoms with Crippen LogP contribution in [-0.2, 0) is 19.4 Å². The molecular formula is C14H17NO5S. The van der Waals surface area contributed by atoms with Crippen LogP contribution in [0.2, 0.25) is 0 Å². The molecule has 0 bridgehead atoms. The average molecular weight is 311 g/mol. The Hall–Kier alpha value is -2.15. The van der Waals surface area contributed by atoms with Crippen LogP contribution in [0.1, 0.15) is 12.5 Å². The summed E-state index contributed by atoms with van der Waals surface area (Å²) >= 11 is 0. The fraction of sp³-hybridized carbons (Fsp3) is 0.286. The van der Waals surface area contributed by atoms with E-state index in [0.29, 0.717) is 6.26 Å². The molecule has 0 atom stereocenters. The highest BCUT2D eigenvalue weighted by atomic mass is 32.2. The largest absolute Gasteiger partial charge is 0.515 e. The lowest BCUT2D eigenvalue weighted by atomic mass is 10.2. The third-order valence-corrected chi connectivity index (χ3v) is 3.98. The van der Waals surface area contributed by atoms with Gasteiger partial charge >= 0.3 is 5.97 Å². The Morgan fingerprint density at radius 2 is 1.95 bits per heavy atom. The number of nitrogens with zero attached hydrogens (tertiary/aromatic N) is 1. The zero-order valence-electron chi connectivity index (χ0n) is 11.8. The highest BCUT2D eigenvalue weighted by Gasteiger charge is 2.13. The minimum atomic E-state index is -3.58. The SMILES string of the molecule is CCOC(=O)C(/C=N\CS(=O)(=O)c1ccc(C)cc1)=C/O. The normalized spacial score (nSPS) is 12.6. The number of benzene rings is 1. The molecule has 0 heterocycles. The maximum absolute atomic E-state index is 12.0. The number of hydrogen-bond donors (Lipinski definition) is 1. The third kappa shape index (κ3) is 5.03. The first-order valence-electron chi connectivity index (χ1n) is 6.21. The molecule has 0 radical (unpaired) electrons. The van der Waals surface area contributed by atoms with E-state index in [2.05, 4.69) is 9.73 Å². The van der Waals surface area contributed by atoms with Crippen LogP contribution in [0.5, 0.6) is 0 Å². The Morgan fingerprint density at radius 1 is 1.33 bits per heavy atom. The molecule has 6 nitrogen and oxygen atoms in total. The molecule has 0 saturated heterocycles. The van der Waals surface area contributed by atoms with Gasteiger partial charge in [-0.2, -0.15) is 0 Å². The number of rotatable bonds is 6. The van der Waals surface area contributed by atoms with Crippen molar-refractivity contribution < 1.29 is 23.1 Å². The van der Waals surface area contributed by atoms with Gasteiger partial charge in [-0.25, -0.2) is 13.2 Å². The quantitative estimate of drug-likeness (QED) is 0.374. The molecule has 0 spiro atoms. The van der Waals surface area contributed by atoms with E-state index >= 15 is 0 Å². The summed E-state index contributed by atoms with van der Waals surface area (Å²) < 4.78 is 28.7. The number of aliphatic hydroxyl groups is 1.